The van der Waals surface area contributed by atoms with Gasteiger partial charge in [-0.15, -0.1) is 0 Å². The normalized spacial score (nSPS) is 10.0. The van der Waals surface area contributed by atoms with Crippen LogP contribution in [0.15, 0.2) is 54.6 Å². The Morgan fingerprint density at radius 2 is 1.73 bits per heavy atom. The Morgan fingerprint density at radius 1 is 1.04 bits per heavy atom. The second-order valence-electron chi connectivity index (χ2n) is 5.46. The first-order valence-corrected chi connectivity index (χ1v) is 8.52. The van der Waals surface area contributed by atoms with Gasteiger partial charge in [0, 0.05) is 13.7 Å². The molecule has 7 heteroatoms. The number of methoxy groups -OCH3 is 1. The van der Waals surface area contributed by atoms with Crippen LogP contribution in [0.4, 0.5) is 5.69 Å². The van der Waals surface area contributed by atoms with E-state index >= 15 is 0 Å². The Balaban J connectivity index is 1.94. The summed E-state index contributed by atoms with van der Waals surface area (Å²) < 4.78 is 4.92. The summed E-state index contributed by atoms with van der Waals surface area (Å²) in [6.45, 7) is 0.831. The Labute approximate surface area is 157 Å². The molecule has 0 spiro atoms. The molecular formula is C19H21N3O3S. The fourth-order valence-electron chi connectivity index (χ4n) is 2.26. The van der Waals surface area contributed by atoms with Crippen LogP contribution in [-0.2, 0) is 16.0 Å². The number of benzene rings is 2. The Morgan fingerprint density at radius 3 is 2.46 bits per heavy atom. The van der Waals surface area contributed by atoms with E-state index in [0.29, 0.717) is 24.4 Å². The van der Waals surface area contributed by atoms with Crippen molar-refractivity contribution < 1.29 is 14.3 Å². The fraction of sp³-hybridized carbons (Fsp3) is 0.211. The predicted molar refractivity (Wildman–Crippen MR) is 105 cm³/mol. The number of rotatable bonds is 7. The van der Waals surface area contributed by atoms with E-state index in [1.807, 2.05) is 30.3 Å². The highest BCUT2D eigenvalue weighted by Gasteiger charge is 2.12. The average molecular weight is 371 g/mol. The van der Waals surface area contributed by atoms with E-state index < -0.39 is 0 Å². The predicted octanol–water partition coefficient (Wildman–Crippen LogP) is 2.12. The number of amides is 2. The van der Waals surface area contributed by atoms with Gasteiger partial charge >= 0.3 is 0 Å². The standard InChI is InChI=1S/C19H21N3O3S/c1-25-12-11-20-18(24)15-9-5-6-10-16(15)21-19(26)22-17(23)13-14-7-3-2-4-8-14/h2-10H,11-13H2,1H3,(H,20,24)(H2,21,22,23,26). The first-order chi connectivity index (χ1) is 12.6. The van der Waals surface area contributed by atoms with E-state index in [1.54, 1.807) is 31.4 Å². The highest BCUT2D eigenvalue weighted by molar-refractivity contribution is 7.80. The summed E-state index contributed by atoms with van der Waals surface area (Å²) in [5, 5.41) is 8.43. The maximum atomic E-state index is 12.2. The van der Waals surface area contributed by atoms with E-state index in [2.05, 4.69) is 16.0 Å². The second-order valence-corrected chi connectivity index (χ2v) is 5.87. The molecule has 2 aromatic rings. The quantitative estimate of drug-likeness (QED) is 0.513. The monoisotopic (exact) mass is 371 g/mol. The van der Waals surface area contributed by atoms with Crippen LogP contribution in [-0.4, -0.2) is 37.2 Å². The van der Waals surface area contributed by atoms with Crippen LogP contribution in [0.2, 0.25) is 0 Å². The summed E-state index contributed by atoms with van der Waals surface area (Å²) in [6, 6.07) is 16.3. The smallest absolute Gasteiger partial charge is 0.253 e. The van der Waals surface area contributed by atoms with Crippen molar-refractivity contribution >= 4 is 34.8 Å². The molecule has 0 heterocycles. The summed E-state index contributed by atoms with van der Waals surface area (Å²) in [6.07, 6.45) is 0.224. The average Bonchev–Trinajstić information content (AvgIpc) is 2.63. The molecule has 26 heavy (non-hydrogen) atoms. The number of nitrogens with one attached hydrogen (secondary N) is 3. The Hall–Kier alpha value is -2.77. The number of hydrogen-bond acceptors (Lipinski definition) is 4. The molecule has 0 radical (unpaired) electrons. The molecule has 3 N–H and O–H groups in total. The number of thiocarbonyl (C=S) groups is 1. The van der Waals surface area contributed by atoms with Crippen molar-refractivity contribution in [3.63, 3.8) is 0 Å². The van der Waals surface area contributed by atoms with Crippen molar-refractivity contribution in [3.05, 3.63) is 65.7 Å². The number of anilines is 1. The molecule has 0 saturated heterocycles. The van der Waals surface area contributed by atoms with Crippen LogP contribution in [0.1, 0.15) is 15.9 Å². The molecule has 2 amide bonds. The Kier molecular flexibility index (Phi) is 7.73. The van der Waals surface area contributed by atoms with Gasteiger partial charge in [-0.2, -0.15) is 0 Å². The molecule has 0 aromatic heterocycles. The van der Waals surface area contributed by atoms with Gasteiger partial charge in [0.05, 0.1) is 24.3 Å². The highest BCUT2D eigenvalue weighted by atomic mass is 32.1. The van der Waals surface area contributed by atoms with E-state index in [1.165, 1.54) is 0 Å². The lowest BCUT2D eigenvalue weighted by atomic mass is 10.1. The minimum absolute atomic E-state index is 0.142. The van der Waals surface area contributed by atoms with Crippen molar-refractivity contribution in [1.29, 1.82) is 0 Å². The summed E-state index contributed by atoms with van der Waals surface area (Å²) in [7, 11) is 1.57. The summed E-state index contributed by atoms with van der Waals surface area (Å²) in [5.74, 6) is -0.473. The molecule has 0 bridgehead atoms. The number of carbonyl (C=O) groups is 2. The zero-order valence-corrected chi connectivity index (χ0v) is 15.3. The molecule has 136 valence electrons. The van der Waals surface area contributed by atoms with Crippen molar-refractivity contribution in [2.24, 2.45) is 0 Å². The van der Waals surface area contributed by atoms with Gasteiger partial charge in [0.1, 0.15) is 0 Å². The van der Waals surface area contributed by atoms with Crippen molar-refractivity contribution in [2.75, 3.05) is 25.6 Å². The van der Waals surface area contributed by atoms with Crippen LogP contribution in [0.5, 0.6) is 0 Å². The third-order valence-corrected chi connectivity index (χ3v) is 3.68. The number of para-hydroxylation sites is 1. The third kappa shape index (κ3) is 6.27. The van der Waals surface area contributed by atoms with Crippen LogP contribution in [0.3, 0.4) is 0 Å². The highest BCUT2D eigenvalue weighted by Crippen LogP contribution is 2.14. The van der Waals surface area contributed by atoms with Crippen LogP contribution in [0, 0.1) is 0 Å². The summed E-state index contributed by atoms with van der Waals surface area (Å²) in [5.41, 5.74) is 1.85. The number of hydrogen-bond donors (Lipinski definition) is 3. The molecule has 0 unspecified atom stereocenters. The second kappa shape index (κ2) is 10.3. The first-order valence-electron chi connectivity index (χ1n) is 8.11. The van der Waals surface area contributed by atoms with Crippen LogP contribution in [0.25, 0.3) is 0 Å². The van der Waals surface area contributed by atoms with Crippen molar-refractivity contribution in [1.82, 2.24) is 10.6 Å². The topological polar surface area (TPSA) is 79.5 Å². The van der Waals surface area contributed by atoms with Gasteiger partial charge < -0.3 is 20.7 Å². The first kappa shape index (κ1) is 19.6. The van der Waals surface area contributed by atoms with Gasteiger partial charge in [-0.3, -0.25) is 9.59 Å². The SMILES string of the molecule is COCCNC(=O)c1ccccc1NC(=S)NC(=O)Cc1ccccc1. The Bertz CT molecular complexity index is 766. The largest absolute Gasteiger partial charge is 0.383 e. The van der Waals surface area contributed by atoms with E-state index in [-0.39, 0.29) is 23.3 Å². The van der Waals surface area contributed by atoms with Crippen LogP contribution >= 0.6 is 12.2 Å². The minimum Gasteiger partial charge on any atom is -0.383 e. The van der Waals surface area contributed by atoms with Gasteiger partial charge in [-0.05, 0) is 29.9 Å². The zero-order valence-electron chi connectivity index (χ0n) is 14.5. The van der Waals surface area contributed by atoms with E-state index in [0.717, 1.165) is 5.56 Å². The van der Waals surface area contributed by atoms with Gasteiger partial charge in [-0.25, -0.2) is 0 Å². The maximum Gasteiger partial charge on any atom is 0.253 e. The minimum atomic E-state index is -0.247. The van der Waals surface area contributed by atoms with Gasteiger partial charge in [-0.1, -0.05) is 42.5 Å². The molecule has 0 atom stereocenters. The molecule has 2 aromatic carbocycles. The van der Waals surface area contributed by atoms with Gasteiger partial charge in [0.25, 0.3) is 5.91 Å². The molecule has 0 aliphatic heterocycles. The van der Waals surface area contributed by atoms with Gasteiger partial charge in [0.2, 0.25) is 5.91 Å². The molecular weight excluding hydrogens is 350 g/mol. The van der Waals surface area contributed by atoms with Crippen molar-refractivity contribution in [2.45, 2.75) is 6.42 Å². The van der Waals surface area contributed by atoms with Crippen molar-refractivity contribution in [3.8, 4) is 0 Å². The lowest BCUT2D eigenvalue weighted by molar-refractivity contribution is -0.119. The molecule has 0 aliphatic carbocycles. The zero-order chi connectivity index (χ0) is 18.8. The van der Waals surface area contributed by atoms with E-state index in [9.17, 15) is 9.59 Å². The summed E-state index contributed by atoms with van der Waals surface area (Å²) >= 11 is 5.19. The molecule has 0 aliphatic rings. The fourth-order valence-corrected chi connectivity index (χ4v) is 2.48. The molecule has 6 nitrogen and oxygen atoms in total. The number of carbonyl (C=O) groups excluding carboxylic acids is 2. The maximum absolute atomic E-state index is 12.2. The van der Waals surface area contributed by atoms with E-state index in [4.69, 9.17) is 17.0 Å². The molecule has 2 rings (SSSR count). The lowest BCUT2D eigenvalue weighted by Gasteiger charge is -2.13. The lowest BCUT2D eigenvalue weighted by Crippen LogP contribution is -2.36. The molecule has 0 fully saturated rings. The molecule has 0 saturated carbocycles. The summed E-state index contributed by atoms with van der Waals surface area (Å²) in [4.78, 5) is 24.3. The number of ether oxygens (including phenoxy) is 1. The van der Waals surface area contributed by atoms with Crippen LogP contribution < -0.4 is 16.0 Å². The van der Waals surface area contributed by atoms with Gasteiger partial charge in [0.15, 0.2) is 5.11 Å². The third-order valence-electron chi connectivity index (χ3n) is 3.47.